The lowest BCUT2D eigenvalue weighted by molar-refractivity contribution is -0.125. The van der Waals surface area contributed by atoms with Gasteiger partial charge in [0.25, 0.3) is 0 Å². The molecule has 6 nitrogen and oxygen atoms in total. The van der Waals surface area contributed by atoms with Gasteiger partial charge in [0.15, 0.2) is 0 Å². The van der Waals surface area contributed by atoms with Crippen molar-refractivity contribution in [2.24, 2.45) is 0 Å². The smallest absolute Gasteiger partial charge is 0.237 e. The number of anilines is 1. The summed E-state index contributed by atoms with van der Waals surface area (Å²) >= 11 is 0. The Morgan fingerprint density at radius 3 is 2.84 bits per heavy atom. The van der Waals surface area contributed by atoms with Crippen molar-refractivity contribution in [3.8, 4) is 0 Å². The molecule has 1 spiro atoms. The number of likely N-dealkylation sites (N-methyl/N-ethyl adjacent to an activating group) is 1. The standard InChI is InChI=1S/C19H27N3O3/c1-21-16-5-3-2-4-15(16)19(17(21)23)6-9-22(10-7-19)13-18(24)12-20-8-11-25-14-18/h2-5,20,24H,6-14H2,1H3. The molecule has 3 heterocycles. The van der Waals surface area contributed by atoms with Gasteiger partial charge in [-0.1, -0.05) is 18.2 Å². The molecule has 2 N–H and O–H groups in total. The number of amides is 1. The lowest BCUT2D eigenvalue weighted by Crippen LogP contribution is -2.55. The lowest BCUT2D eigenvalue weighted by atomic mass is 9.73. The van der Waals surface area contributed by atoms with Gasteiger partial charge in [0.05, 0.1) is 18.6 Å². The molecule has 6 heteroatoms. The number of hydrogen-bond acceptors (Lipinski definition) is 5. The van der Waals surface area contributed by atoms with E-state index < -0.39 is 5.60 Å². The zero-order valence-electron chi connectivity index (χ0n) is 14.8. The van der Waals surface area contributed by atoms with Crippen molar-refractivity contribution in [1.82, 2.24) is 10.2 Å². The minimum absolute atomic E-state index is 0.214. The second kappa shape index (κ2) is 6.36. The highest BCUT2D eigenvalue weighted by molar-refractivity contribution is 6.07. The maximum absolute atomic E-state index is 13.0. The van der Waals surface area contributed by atoms with Gasteiger partial charge in [-0.15, -0.1) is 0 Å². The number of benzene rings is 1. The van der Waals surface area contributed by atoms with Gasteiger partial charge in [0, 0.05) is 32.4 Å². The topological polar surface area (TPSA) is 65.0 Å². The number of para-hydroxylation sites is 1. The van der Waals surface area contributed by atoms with Gasteiger partial charge in [0.2, 0.25) is 5.91 Å². The Hall–Kier alpha value is -1.47. The summed E-state index contributed by atoms with van der Waals surface area (Å²) in [6, 6.07) is 8.15. The van der Waals surface area contributed by atoms with Crippen LogP contribution < -0.4 is 10.2 Å². The van der Waals surface area contributed by atoms with E-state index in [9.17, 15) is 9.90 Å². The highest BCUT2D eigenvalue weighted by Crippen LogP contribution is 2.47. The van der Waals surface area contributed by atoms with Crippen LogP contribution in [0, 0.1) is 0 Å². The molecule has 4 rings (SSSR count). The normalized spacial score (nSPS) is 29.7. The van der Waals surface area contributed by atoms with Gasteiger partial charge in [-0.2, -0.15) is 0 Å². The maximum atomic E-state index is 13.0. The van der Waals surface area contributed by atoms with E-state index in [0.29, 0.717) is 26.3 Å². The predicted octanol–water partition coefficient (Wildman–Crippen LogP) is 0.348. The summed E-state index contributed by atoms with van der Waals surface area (Å²) in [4.78, 5) is 17.1. The Kier molecular flexibility index (Phi) is 4.32. The number of carbonyl (C=O) groups excluding carboxylic acids is 1. The van der Waals surface area contributed by atoms with Crippen LogP contribution in [0.5, 0.6) is 0 Å². The number of aliphatic hydroxyl groups is 1. The summed E-state index contributed by atoms with van der Waals surface area (Å²) in [6.07, 6.45) is 1.61. The number of piperidine rings is 1. The molecule has 3 aliphatic rings. The SMILES string of the molecule is CN1C(=O)C2(CCN(CC3(O)CNCCOC3)CC2)c2ccccc21. The van der Waals surface area contributed by atoms with E-state index >= 15 is 0 Å². The fraction of sp³-hybridized carbons (Fsp3) is 0.632. The Balaban J connectivity index is 1.47. The first kappa shape index (κ1) is 17.0. The zero-order valence-corrected chi connectivity index (χ0v) is 14.8. The largest absolute Gasteiger partial charge is 0.385 e. The van der Waals surface area contributed by atoms with Crippen molar-refractivity contribution in [2.45, 2.75) is 23.9 Å². The van der Waals surface area contributed by atoms with Gasteiger partial charge in [-0.25, -0.2) is 0 Å². The third-order valence-corrected chi connectivity index (χ3v) is 5.97. The van der Waals surface area contributed by atoms with E-state index in [4.69, 9.17) is 4.74 Å². The highest BCUT2D eigenvalue weighted by atomic mass is 16.5. The van der Waals surface area contributed by atoms with Crippen molar-refractivity contribution < 1.29 is 14.6 Å². The van der Waals surface area contributed by atoms with Gasteiger partial charge >= 0.3 is 0 Å². The first-order valence-electron chi connectivity index (χ1n) is 9.15. The Labute approximate surface area is 148 Å². The van der Waals surface area contributed by atoms with Crippen LogP contribution in [0.4, 0.5) is 5.69 Å². The molecular weight excluding hydrogens is 318 g/mol. The molecule has 1 amide bonds. The molecule has 0 saturated carbocycles. The first-order valence-corrected chi connectivity index (χ1v) is 9.15. The van der Waals surface area contributed by atoms with Crippen LogP contribution in [-0.4, -0.2) is 74.5 Å². The van der Waals surface area contributed by atoms with Crippen LogP contribution >= 0.6 is 0 Å². The number of β-amino-alcohol motifs (C(OH)–C–C–N with tert-alkyl or cyclic N) is 1. The van der Waals surface area contributed by atoms with Crippen LogP contribution in [0.2, 0.25) is 0 Å². The molecule has 0 bridgehead atoms. The third kappa shape index (κ3) is 2.87. The Morgan fingerprint density at radius 2 is 2.04 bits per heavy atom. The molecule has 1 unspecified atom stereocenters. The Morgan fingerprint density at radius 1 is 1.28 bits per heavy atom. The summed E-state index contributed by atoms with van der Waals surface area (Å²) < 4.78 is 5.52. The molecule has 0 aliphatic carbocycles. The number of rotatable bonds is 2. The van der Waals surface area contributed by atoms with Crippen molar-refractivity contribution in [1.29, 1.82) is 0 Å². The number of fused-ring (bicyclic) bond motifs is 2. The zero-order chi connectivity index (χ0) is 17.5. The van der Waals surface area contributed by atoms with Gasteiger partial charge in [0.1, 0.15) is 5.60 Å². The summed E-state index contributed by atoms with van der Waals surface area (Å²) in [7, 11) is 1.87. The molecule has 0 aromatic heterocycles. The van der Waals surface area contributed by atoms with E-state index in [0.717, 1.165) is 38.2 Å². The van der Waals surface area contributed by atoms with Crippen LogP contribution in [0.3, 0.4) is 0 Å². The van der Waals surface area contributed by atoms with Crippen molar-refractivity contribution >= 4 is 11.6 Å². The molecule has 0 radical (unpaired) electrons. The van der Waals surface area contributed by atoms with Crippen LogP contribution in [0.25, 0.3) is 0 Å². The van der Waals surface area contributed by atoms with E-state index in [2.05, 4.69) is 16.3 Å². The van der Waals surface area contributed by atoms with Crippen molar-refractivity contribution in [3.63, 3.8) is 0 Å². The van der Waals surface area contributed by atoms with Gasteiger partial charge in [-0.3, -0.25) is 4.79 Å². The van der Waals surface area contributed by atoms with Gasteiger partial charge < -0.3 is 25.0 Å². The monoisotopic (exact) mass is 345 g/mol. The highest BCUT2D eigenvalue weighted by Gasteiger charge is 2.51. The number of ether oxygens (including phenoxy) is 1. The van der Waals surface area contributed by atoms with E-state index in [1.165, 1.54) is 5.56 Å². The van der Waals surface area contributed by atoms with Gasteiger partial charge in [-0.05, 0) is 37.6 Å². The molecule has 2 fully saturated rings. The van der Waals surface area contributed by atoms with Crippen LogP contribution in [0.15, 0.2) is 24.3 Å². The molecule has 1 aromatic carbocycles. The van der Waals surface area contributed by atoms with E-state index in [1.807, 2.05) is 30.1 Å². The molecule has 136 valence electrons. The predicted molar refractivity (Wildman–Crippen MR) is 95.8 cm³/mol. The fourth-order valence-corrected chi connectivity index (χ4v) is 4.59. The van der Waals surface area contributed by atoms with Crippen molar-refractivity contribution in [3.05, 3.63) is 29.8 Å². The number of hydrogen-bond donors (Lipinski definition) is 2. The minimum Gasteiger partial charge on any atom is -0.385 e. The minimum atomic E-state index is -0.852. The summed E-state index contributed by atoms with van der Waals surface area (Å²) in [6.45, 7) is 4.56. The van der Waals surface area contributed by atoms with Crippen LogP contribution in [-0.2, 0) is 14.9 Å². The fourth-order valence-electron chi connectivity index (χ4n) is 4.59. The second-order valence-corrected chi connectivity index (χ2v) is 7.69. The molecule has 25 heavy (non-hydrogen) atoms. The number of likely N-dealkylation sites (tertiary alicyclic amines) is 1. The molecule has 2 saturated heterocycles. The van der Waals surface area contributed by atoms with E-state index in [1.54, 1.807) is 0 Å². The Bertz CT molecular complexity index is 647. The quantitative estimate of drug-likeness (QED) is 0.810. The average molecular weight is 345 g/mol. The summed E-state index contributed by atoms with van der Waals surface area (Å²) in [5, 5.41) is 14.0. The average Bonchev–Trinajstić information content (AvgIpc) is 2.77. The second-order valence-electron chi connectivity index (χ2n) is 7.69. The summed E-state index contributed by atoms with van der Waals surface area (Å²) in [5.74, 6) is 0.214. The van der Waals surface area contributed by atoms with Crippen molar-refractivity contribution in [2.75, 3.05) is 57.9 Å². The van der Waals surface area contributed by atoms with E-state index in [-0.39, 0.29) is 11.3 Å². The molecule has 3 aliphatic heterocycles. The summed E-state index contributed by atoms with van der Waals surface area (Å²) in [5.41, 5.74) is 0.971. The first-order chi connectivity index (χ1) is 12.0. The maximum Gasteiger partial charge on any atom is 0.237 e. The molecular formula is C19H27N3O3. The lowest BCUT2D eigenvalue weighted by Gasteiger charge is -2.41. The molecule has 1 atom stereocenters. The number of nitrogens with one attached hydrogen (secondary N) is 1. The number of nitrogens with zero attached hydrogens (tertiary/aromatic N) is 2. The molecule has 1 aromatic rings. The number of carbonyl (C=O) groups is 1. The van der Waals surface area contributed by atoms with Crippen LogP contribution in [0.1, 0.15) is 18.4 Å². The third-order valence-electron chi connectivity index (χ3n) is 5.97.